The summed E-state index contributed by atoms with van der Waals surface area (Å²) in [4.78, 5) is 8.03. The van der Waals surface area contributed by atoms with Gasteiger partial charge in [0.15, 0.2) is 0 Å². The molecule has 0 spiro atoms. The van der Waals surface area contributed by atoms with E-state index < -0.39 is 0 Å². The van der Waals surface area contributed by atoms with E-state index in [9.17, 15) is 0 Å². The SMILES string of the molecule is c1ccc2cc3ccccc3cc2c1.c1ccc2cnccc2c1.c1ccc2cnccc2c1. The van der Waals surface area contributed by atoms with E-state index in [0.29, 0.717) is 0 Å². The fraction of sp³-hybridized carbons (Fsp3) is 0. The maximum atomic E-state index is 4.01. The molecular formula is C32H24N2. The summed E-state index contributed by atoms with van der Waals surface area (Å²) in [6, 6.07) is 41.8. The van der Waals surface area contributed by atoms with Gasteiger partial charge >= 0.3 is 0 Å². The molecule has 0 amide bonds. The van der Waals surface area contributed by atoms with Crippen LogP contribution in [0.5, 0.6) is 0 Å². The molecule has 0 radical (unpaired) electrons. The highest BCUT2D eigenvalue weighted by molar-refractivity contribution is 5.98. The van der Waals surface area contributed by atoms with Crippen LogP contribution in [0.25, 0.3) is 43.1 Å². The molecule has 0 aliphatic rings. The second-order valence-electron chi connectivity index (χ2n) is 7.99. The van der Waals surface area contributed by atoms with Crippen molar-refractivity contribution in [2.45, 2.75) is 0 Å². The summed E-state index contributed by atoms with van der Waals surface area (Å²) in [6.45, 7) is 0. The van der Waals surface area contributed by atoms with Crippen LogP contribution in [0, 0.1) is 0 Å². The minimum atomic E-state index is 1.20. The molecule has 0 saturated heterocycles. The average molecular weight is 437 g/mol. The monoisotopic (exact) mass is 436 g/mol. The molecule has 162 valence electrons. The van der Waals surface area contributed by atoms with Crippen molar-refractivity contribution in [3.8, 4) is 0 Å². The molecule has 7 aromatic rings. The zero-order valence-electron chi connectivity index (χ0n) is 18.8. The summed E-state index contributed by atoms with van der Waals surface area (Å²) in [5.74, 6) is 0. The molecule has 0 N–H and O–H groups in total. The molecule has 0 bridgehead atoms. The van der Waals surface area contributed by atoms with Crippen LogP contribution in [0.3, 0.4) is 0 Å². The summed E-state index contributed by atoms with van der Waals surface area (Å²) in [6.07, 6.45) is 7.36. The van der Waals surface area contributed by atoms with E-state index in [4.69, 9.17) is 0 Å². The normalized spacial score (nSPS) is 10.4. The maximum Gasteiger partial charge on any atom is 0.0346 e. The molecule has 0 fully saturated rings. The first-order valence-electron chi connectivity index (χ1n) is 11.3. The number of pyridine rings is 2. The molecule has 2 nitrogen and oxygen atoms in total. The van der Waals surface area contributed by atoms with Crippen molar-refractivity contribution < 1.29 is 0 Å². The van der Waals surface area contributed by atoms with Crippen molar-refractivity contribution in [1.29, 1.82) is 0 Å². The predicted molar refractivity (Wildman–Crippen MR) is 145 cm³/mol. The second kappa shape index (κ2) is 10.4. The third-order valence-corrected chi connectivity index (χ3v) is 5.71. The van der Waals surface area contributed by atoms with E-state index in [1.165, 1.54) is 43.1 Å². The van der Waals surface area contributed by atoms with Gasteiger partial charge in [0.25, 0.3) is 0 Å². The van der Waals surface area contributed by atoms with Gasteiger partial charge in [-0.3, -0.25) is 9.97 Å². The molecule has 2 heteroatoms. The lowest BCUT2D eigenvalue weighted by Gasteiger charge is -2.00. The molecule has 0 aliphatic carbocycles. The number of aromatic nitrogens is 2. The highest BCUT2D eigenvalue weighted by Gasteiger charge is 1.95. The van der Waals surface area contributed by atoms with Gasteiger partial charge in [0.05, 0.1) is 0 Å². The van der Waals surface area contributed by atoms with Gasteiger partial charge in [-0.05, 0) is 67.4 Å². The fourth-order valence-electron chi connectivity index (χ4n) is 3.94. The number of hydrogen-bond donors (Lipinski definition) is 0. The maximum absolute atomic E-state index is 4.01. The largest absolute Gasteiger partial charge is 0.264 e. The third kappa shape index (κ3) is 5.08. The Bertz CT molecular complexity index is 1360. The van der Waals surface area contributed by atoms with Crippen LogP contribution < -0.4 is 0 Å². The lowest BCUT2D eigenvalue weighted by atomic mass is 10.0. The minimum absolute atomic E-state index is 1.20. The van der Waals surface area contributed by atoms with Crippen LogP contribution in [-0.4, -0.2) is 9.97 Å². The Labute approximate surface area is 199 Å². The van der Waals surface area contributed by atoms with Crippen molar-refractivity contribution in [3.63, 3.8) is 0 Å². The summed E-state index contributed by atoms with van der Waals surface area (Å²) < 4.78 is 0. The van der Waals surface area contributed by atoms with Crippen molar-refractivity contribution in [2.75, 3.05) is 0 Å². The van der Waals surface area contributed by atoms with Gasteiger partial charge in [-0.25, -0.2) is 0 Å². The summed E-state index contributed by atoms with van der Waals surface area (Å²) in [5, 5.41) is 10.1. The van der Waals surface area contributed by atoms with E-state index in [0.717, 1.165) is 0 Å². The summed E-state index contributed by atoms with van der Waals surface area (Å²) in [5.41, 5.74) is 0. The third-order valence-electron chi connectivity index (χ3n) is 5.71. The van der Waals surface area contributed by atoms with Gasteiger partial charge in [-0.2, -0.15) is 0 Å². The molecular weight excluding hydrogens is 412 g/mol. The molecule has 0 atom stereocenters. The van der Waals surface area contributed by atoms with Gasteiger partial charge in [-0.15, -0.1) is 0 Å². The minimum Gasteiger partial charge on any atom is -0.264 e. The standard InChI is InChI=1S/C14H10.2C9H7N/c1-2-6-12-10-14-8-4-3-7-13(14)9-11(12)5-1;2*1-2-4-9-7-10-6-5-8(9)3-1/h1-10H;2*1-7H. The highest BCUT2D eigenvalue weighted by atomic mass is 14.6. The van der Waals surface area contributed by atoms with Crippen molar-refractivity contribution in [2.24, 2.45) is 0 Å². The molecule has 2 heterocycles. The summed E-state index contributed by atoms with van der Waals surface area (Å²) >= 11 is 0. The molecule has 2 aromatic heterocycles. The van der Waals surface area contributed by atoms with E-state index >= 15 is 0 Å². The predicted octanol–water partition coefficient (Wildman–Crippen LogP) is 8.46. The van der Waals surface area contributed by atoms with Crippen LogP contribution in [-0.2, 0) is 0 Å². The lowest BCUT2D eigenvalue weighted by Crippen LogP contribution is -1.74. The van der Waals surface area contributed by atoms with E-state index in [-0.39, 0.29) is 0 Å². The topological polar surface area (TPSA) is 25.8 Å². The van der Waals surface area contributed by atoms with Gasteiger partial charge in [-0.1, -0.05) is 97.1 Å². The van der Waals surface area contributed by atoms with Gasteiger partial charge in [0.2, 0.25) is 0 Å². The molecule has 34 heavy (non-hydrogen) atoms. The van der Waals surface area contributed by atoms with Crippen LogP contribution in [0.4, 0.5) is 0 Å². The lowest BCUT2D eigenvalue weighted by molar-refractivity contribution is 1.36. The van der Waals surface area contributed by atoms with Gasteiger partial charge in [0.1, 0.15) is 0 Å². The fourth-order valence-corrected chi connectivity index (χ4v) is 3.94. The first kappa shape index (κ1) is 21.3. The molecule has 0 unspecified atom stereocenters. The number of hydrogen-bond acceptors (Lipinski definition) is 2. The van der Waals surface area contributed by atoms with Crippen molar-refractivity contribution >= 4 is 43.1 Å². The zero-order chi connectivity index (χ0) is 23.0. The first-order chi connectivity index (χ1) is 16.9. The highest BCUT2D eigenvalue weighted by Crippen LogP contribution is 2.22. The zero-order valence-corrected chi connectivity index (χ0v) is 18.8. The van der Waals surface area contributed by atoms with Crippen LogP contribution in [0.2, 0.25) is 0 Å². The average Bonchev–Trinajstić information content (AvgIpc) is 2.93. The van der Waals surface area contributed by atoms with Crippen LogP contribution >= 0.6 is 0 Å². The first-order valence-corrected chi connectivity index (χ1v) is 11.3. The van der Waals surface area contributed by atoms with E-state index in [1.54, 1.807) is 0 Å². The van der Waals surface area contributed by atoms with Crippen LogP contribution in [0.15, 0.2) is 146 Å². The molecule has 0 saturated carbocycles. The smallest absolute Gasteiger partial charge is 0.0346 e. The number of fused-ring (bicyclic) bond motifs is 4. The van der Waals surface area contributed by atoms with Crippen LogP contribution in [0.1, 0.15) is 0 Å². The van der Waals surface area contributed by atoms with Gasteiger partial charge in [0, 0.05) is 24.8 Å². The molecule has 5 aromatic carbocycles. The van der Waals surface area contributed by atoms with Crippen molar-refractivity contribution in [3.05, 3.63) is 146 Å². The quantitative estimate of drug-likeness (QED) is 0.223. The molecule has 0 aliphatic heterocycles. The number of nitrogens with zero attached hydrogens (tertiary/aromatic N) is 2. The Kier molecular flexibility index (Phi) is 6.50. The van der Waals surface area contributed by atoms with E-state index in [2.05, 4.69) is 94.9 Å². The Morgan fingerprint density at radius 2 is 0.588 bits per heavy atom. The van der Waals surface area contributed by atoms with Crippen molar-refractivity contribution in [1.82, 2.24) is 9.97 Å². The number of benzene rings is 5. The Morgan fingerprint density at radius 1 is 0.294 bits per heavy atom. The summed E-state index contributed by atoms with van der Waals surface area (Å²) in [7, 11) is 0. The van der Waals surface area contributed by atoms with Gasteiger partial charge < -0.3 is 0 Å². The Hall–Kier alpha value is -4.56. The number of rotatable bonds is 0. The molecule has 7 rings (SSSR count). The van der Waals surface area contributed by atoms with E-state index in [1.807, 2.05) is 61.2 Å². The second-order valence-corrected chi connectivity index (χ2v) is 7.99. The Morgan fingerprint density at radius 3 is 0.912 bits per heavy atom. The Balaban J connectivity index is 0.000000109.